The van der Waals surface area contributed by atoms with Crippen LogP contribution >= 0.6 is 11.6 Å². The first-order chi connectivity index (χ1) is 10.1. The number of fused-ring (bicyclic) bond motifs is 1. The van der Waals surface area contributed by atoms with Gasteiger partial charge in [0.2, 0.25) is 0 Å². The van der Waals surface area contributed by atoms with Crippen molar-refractivity contribution in [2.24, 2.45) is 0 Å². The Labute approximate surface area is 128 Å². The second kappa shape index (κ2) is 6.04. The molecule has 1 aliphatic heterocycles. The van der Waals surface area contributed by atoms with Gasteiger partial charge in [-0.2, -0.15) is 0 Å². The molecule has 2 aromatic rings. The fourth-order valence-electron chi connectivity index (χ4n) is 2.65. The van der Waals surface area contributed by atoms with Crippen LogP contribution in [0.25, 0.3) is 0 Å². The van der Waals surface area contributed by atoms with Gasteiger partial charge < -0.3 is 10.1 Å². The molecule has 0 spiro atoms. The minimum Gasteiger partial charge on any atom is -0.488 e. The van der Waals surface area contributed by atoms with Crippen LogP contribution in [0, 0.1) is 5.82 Å². The normalized spacial score (nSPS) is 18.1. The van der Waals surface area contributed by atoms with Crippen molar-refractivity contribution in [2.45, 2.75) is 25.5 Å². The number of rotatable bonds is 4. The zero-order valence-corrected chi connectivity index (χ0v) is 12.5. The molecule has 2 nitrogen and oxygen atoms in total. The second-order valence-electron chi connectivity index (χ2n) is 5.35. The van der Waals surface area contributed by atoms with Crippen LogP contribution in [-0.2, 0) is 6.42 Å². The van der Waals surface area contributed by atoms with E-state index in [4.69, 9.17) is 16.3 Å². The van der Waals surface area contributed by atoms with E-state index in [0.717, 1.165) is 22.8 Å². The molecule has 2 aromatic carbocycles. The van der Waals surface area contributed by atoms with Gasteiger partial charge in [0.1, 0.15) is 17.7 Å². The SMILES string of the molecule is CC(NCC1Cc2cc(Cl)ccc2O1)c1ccccc1F. The van der Waals surface area contributed by atoms with Crippen molar-refractivity contribution < 1.29 is 9.13 Å². The van der Waals surface area contributed by atoms with Gasteiger partial charge in [0, 0.05) is 29.6 Å². The molecular weight excluding hydrogens is 289 g/mol. The number of hydrogen-bond donors (Lipinski definition) is 1. The number of hydrogen-bond acceptors (Lipinski definition) is 2. The summed E-state index contributed by atoms with van der Waals surface area (Å²) in [6, 6.07) is 12.5. The Morgan fingerprint density at radius 3 is 2.95 bits per heavy atom. The molecule has 0 bridgehead atoms. The molecule has 1 N–H and O–H groups in total. The van der Waals surface area contributed by atoms with E-state index in [1.807, 2.05) is 31.2 Å². The van der Waals surface area contributed by atoms with Gasteiger partial charge in [-0.15, -0.1) is 0 Å². The van der Waals surface area contributed by atoms with Crippen LogP contribution in [0.4, 0.5) is 4.39 Å². The molecule has 0 aromatic heterocycles. The summed E-state index contributed by atoms with van der Waals surface area (Å²) in [4.78, 5) is 0. The molecule has 21 heavy (non-hydrogen) atoms. The highest BCUT2D eigenvalue weighted by Gasteiger charge is 2.23. The Morgan fingerprint density at radius 1 is 1.33 bits per heavy atom. The number of nitrogens with one attached hydrogen (secondary N) is 1. The van der Waals surface area contributed by atoms with Gasteiger partial charge in [0.05, 0.1) is 0 Å². The minimum absolute atomic E-state index is 0.0536. The van der Waals surface area contributed by atoms with Gasteiger partial charge in [0.25, 0.3) is 0 Å². The lowest BCUT2D eigenvalue weighted by molar-refractivity contribution is 0.222. The Bertz CT molecular complexity index is 646. The van der Waals surface area contributed by atoms with E-state index in [-0.39, 0.29) is 18.0 Å². The number of benzene rings is 2. The molecule has 2 atom stereocenters. The largest absolute Gasteiger partial charge is 0.488 e. The van der Waals surface area contributed by atoms with Crippen LogP contribution in [0.15, 0.2) is 42.5 Å². The third-order valence-corrected chi connectivity index (χ3v) is 4.02. The molecule has 4 heteroatoms. The average Bonchev–Trinajstić information content (AvgIpc) is 2.87. The molecule has 0 aliphatic carbocycles. The fourth-order valence-corrected chi connectivity index (χ4v) is 2.84. The monoisotopic (exact) mass is 305 g/mol. The summed E-state index contributed by atoms with van der Waals surface area (Å²) >= 11 is 5.98. The maximum absolute atomic E-state index is 13.7. The summed E-state index contributed by atoms with van der Waals surface area (Å²) in [5.74, 6) is 0.713. The smallest absolute Gasteiger partial charge is 0.127 e. The summed E-state index contributed by atoms with van der Waals surface area (Å²) in [7, 11) is 0. The zero-order valence-electron chi connectivity index (χ0n) is 11.8. The molecule has 110 valence electrons. The molecule has 1 aliphatic rings. The van der Waals surface area contributed by atoms with E-state index >= 15 is 0 Å². The third kappa shape index (κ3) is 3.20. The van der Waals surface area contributed by atoms with Crippen LogP contribution in [0.5, 0.6) is 5.75 Å². The Morgan fingerprint density at radius 2 is 2.14 bits per heavy atom. The summed E-state index contributed by atoms with van der Waals surface area (Å²) < 4.78 is 19.6. The summed E-state index contributed by atoms with van der Waals surface area (Å²) in [5.41, 5.74) is 1.81. The summed E-state index contributed by atoms with van der Waals surface area (Å²) in [5, 5.41) is 4.06. The van der Waals surface area contributed by atoms with E-state index in [9.17, 15) is 4.39 Å². The van der Waals surface area contributed by atoms with Crippen molar-refractivity contribution in [2.75, 3.05) is 6.54 Å². The van der Waals surface area contributed by atoms with Crippen LogP contribution in [-0.4, -0.2) is 12.6 Å². The van der Waals surface area contributed by atoms with Gasteiger partial charge in [-0.25, -0.2) is 4.39 Å². The summed E-state index contributed by atoms with van der Waals surface area (Å²) in [6.07, 6.45) is 0.889. The molecule has 0 saturated heterocycles. The lowest BCUT2D eigenvalue weighted by Crippen LogP contribution is -2.32. The van der Waals surface area contributed by atoms with Gasteiger partial charge in [0.15, 0.2) is 0 Å². The van der Waals surface area contributed by atoms with E-state index in [1.54, 1.807) is 12.1 Å². The van der Waals surface area contributed by atoms with Crippen molar-refractivity contribution in [3.63, 3.8) is 0 Å². The Balaban J connectivity index is 1.59. The van der Waals surface area contributed by atoms with Gasteiger partial charge in [-0.1, -0.05) is 29.8 Å². The maximum Gasteiger partial charge on any atom is 0.127 e. The van der Waals surface area contributed by atoms with E-state index in [1.165, 1.54) is 6.07 Å². The number of halogens is 2. The van der Waals surface area contributed by atoms with Crippen molar-refractivity contribution in [1.82, 2.24) is 5.32 Å². The maximum atomic E-state index is 13.7. The van der Waals surface area contributed by atoms with Crippen LogP contribution in [0.2, 0.25) is 5.02 Å². The van der Waals surface area contributed by atoms with Crippen molar-refractivity contribution in [1.29, 1.82) is 0 Å². The Hall–Kier alpha value is -1.58. The quantitative estimate of drug-likeness (QED) is 0.917. The van der Waals surface area contributed by atoms with Crippen LogP contribution in [0.1, 0.15) is 24.1 Å². The van der Waals surface area contributed by atoms with Gasteiger partial charge >= 0.3 is 0 Å². The van der Waals surface area contributed by atoms with E-state index < -0.39 is 0 Å². The summed E-state index contributed by atoms with van der Waals surface area (Å²) in [6.45, 7) is 2.62. The number of ether oxygens (including phenoxy) is 1. The highest BCUT2D eigenvalue weighted by molar-refractivity contribution is 6.30. The van der Waals surface area contributed by atoms with E-state index in [0.29, 0.717) is 12.1 Å². The fraction of sp³-hybridized carbons (Fsp3) is 0.294. The average molecular weight is 306 g/mol. The molecule has 0 saturated carbocycles. The molecular formula is C17H17ClFNO. The first-order valence-electron chi connectivity index (χ1n) is 7.06. The predicted molar refractivity (Wildman–Crippen MR) is 82.4 cm³/mol. The van der Waals surface area contributed by atoms with E-state index in [2.05, 4.69) is 5.32 Å². The molecule has 0 amide bonds. The highest BCUT2D eigenvalue weighted by atomic mass is 35.5. The standard InChI is InChI=1S/C17H17ClFNO/c1-11(15-4-2-3-5-16(15)19)20-10-14-9-12-8-13(18)6-7-17(12)21-14/h2-8,11,14,20H,9-10H2,1H3. The van der Waals surface area contributed by atoms with Crippen LogP contribution in [0.3, 0.4) is 0 Å². The minimum atomic E-state index is -0.181. The van der Waals surface area contributed by atoms with Crippen molar-refractivity contribution >= 4 is 11.6 Å². The highest BCUT2D eigenvalue weighted by Crippen LogP contribution is 2.31. The molecule has 1 heterocycles. The third-order valence-electron chi connectivity index (χ3n) is 3.79. The first-order valence-corrected chi connectivity index (χ1v) is 7.44. The van der Waals surface area contributed by atoms with Crippen LogP contribution < -0.4 is 10.1 Å². The zero-order chi connectivity index (χ0) is 14.8. The topological polar surface area (TPSA) is 21.3 Å². The lowest BCUT2D eigenvalue weighted by Gasteiger charge is -2.18. The second-order valence-corrected chi connectivity index (χ2v) is 5.78. The molecule has 0 fully saturated rings. The van der Waals surface area contributed by atoms with Crippen molar-refractivity contribution in [3.05, 3.63) is 64.4 Å². The lowest BCUT2D eigenvalue weighted by atomic mass is 10.1. The predicted octanol–water partition coefficient (Wildman–Crippen LogP) is 4.13. The van der Waals surface area contributed by atoms with Gasteiger partial charge in [-0.3, -0.25) is 0 Å². The van der Waals surface area contributed by atoms with Crippen molar-refractivity contribution in [3.8, 4) is 5.75 Å². The van der Waals surface area contributed by atoms with Gasteiger partial charge in [-0.05, 0) is 36.8 Å². The molecule has 3 rings (SSSR count). The first kappa shape index (κ1) is 14.4. The molecule has 0 radical (unpaired) electrons. The molecule has 2 unspecified atom stereocenters. The Kier molecular flexibility index (Phi) is 4.13.